The molecule has 3 aromatic rings. The van der Waals surface area contributed by atoms with Gasteiger partial charge in [-0.25, -0.2) is 0 Å². The lowest BCUT2D eigenvalue weighted by Gasteiger charge is -2.26. The quantitative estimate of drug-likeness (QED) is 0.0426. The van der Waals surface area contributed by atoms with E-state index >= 15 is 0 Å². The molecule has 3 rings (SSSR count). The van der Waals surface area contributed by atoms with Gasteiger partial charge in [0.05, 0.1) is 0 Å². The van der Waals surface area contributed by atoms with Crippen LogP contribution in [-0.4, -0.2) is 66.2 Å². The minimum Gasteiger partial charge on any atom is -0.370 e. The van der Waals surface area contributed by atoms with Gasteiger partial charge in [0.25, 0.3) is 0 Å². The Morgan fingerprint density at radius 1 is 0.612 bits per heavy atom. The summed E-state index contributed by atoms with van der Waals surface area (Å²) in [5.41, 5.74) is 18.9. The molecule has 13 nitrogen and oxygen atoms in total. The number of hydrogen-bond donors (Lipinski definition) is 7. The number of aliphatic imine (C=N–C) groups is 1. The topological polar surface area (TPSA) is 224 Å². The fourth-order valence-electron chi connectivity index (χ4n) is 5.03. The van der Waals surface area contributed by atoms with Crippen molar-refractivity contribution in [1.29, 1.82) is 0 Å². The van der Waals surface area contributed by atoms with Gasteiger partial charge in [0, 0.05) is 36.3 Å². The van der Waals surface area contributed by atoms with Crippen LogP contribution < -0.4 is 38.5 Å². The normalized spacial score (nSPS) is 13.1. The first-order valence-electron chi connectivity index (χ1n) is 15.8. The van der Waals surface area contributed by atoms with Crippen LogP contribution in [0.25, 0.3) is 0 Å². The summed E-state index contributed by atoms with van der Waals surface area (Å²) in [4.78, 5) is 69.6. The molecule has 0 bridgehead atoms. The first kappa shape index (κ1) is 38.5. The third kappa shape index (κ3) is 13.9. The molecular formula is C35H43IN8O5. The largest absolute Gasteiger partial charge is 0.370 e. The molecule has 4 atom stereocenters. The van der Waals surface area contributed by atoms with E-state index in [-0.39, 0.29) is 38.2 Å². The van der Waals surface area contributed by atoms with Crippen molar-refractivity contribution in [3.05, 3.63) is 105 Å². The molecule has 14 heteroatoms. The lowest BCUT2D eigenvalue weighted by Crippen LogP contribution is -2.59. The number of guanidine groups is 1. The number of rotatable bonds is 18. The van der Waals surface area contributed by atoms with Crippen molar-refractivity contribution in [2.24, 2.45) is 22.2 Å². The van der Waals surface area contributed by atoms with Gasteiger partial charge in [0.1, 0.15) is 24.2 Å². The summed E-state index contributed by atoms with van der Waals surface area (Å²) in [5.74, 6) is -3.13. The minimum absolute atomic E-state index is 0.0858. The number of halogens is 1. The minimum atomic E-state index is -1.14. The van der Waals surface area contributed by atoms with Crippen LogP contribution in [0.1, 0.15) is 36.5 Å². The van der Waals surface area contributed by atoms with Gasteiger partial charge in [0.15, 0.2) is 5.96 Å². The van der Waals surface area contributed by atoms with Crippen molar-refractivity contribution < 1.29 is 24.0 Å². The molecule has 3 aromatic carbocycles. The first-order valence-corrected chi connectivity index (χ1v) is 16.8. The Hall–Kier alpha value is -4.99. The van der Waals surface area contributed by atoms with Crippen LogP contribution in [0.4, 0.5) is 0 Å². The Bertz CT molecular complexity index is 1580. The zero-order valence-electron chi connectivity index (χ0n) is 27.2. The van der Waals surface area contributed by atoms with E-state index in [1.54, 1.807) is 0 Å². The molecule has 5 amide bonds. The van der Waals surface area contributed by atoms with E-state index in [1.807, 2.05) is 84.9 Å². The summed E-state index contributed by atoms with van der Waals surface area (Å²) in [7, 11) is 0. The van der Waals surface area contributed by atoms with Crippen molar-refractivity contribution in [1.82, 2.24) is 21.3 Å². The summed E-state index contributed by atoms with van der Waals surface area (Å²) in [5, 5.41) is 10.9. The molecule has 10 N–H and O–H groups in total. The summed E-state index contributed by atoms with van der Waals surface area (Å²) >= 11 is 2.16. The first-order chi connectivity index (χ1) is 23.4. The van der Waals surface area contributed by atoms with Gasteiger partial charge in [-0.1, -0.05) is 72.8 Å². The van der Waals surface area contributed by atoms with Crippen LogP contribution in [0.15, 0.2) is 89.9 Å². The van der Waals surface area contributed by atoms with E-state index in [9.17, 15) is 24.0 Å². The number of nitrogens with zero attached hydrogens (tertiary/aromatic N) is 1. The zero-order chi connectivity index (χ0) is 35.8. The third-order valence-electron chi connectivity index (χ3n) is 7.48. The van der Waals surface area contributed by atoms with Crippen molar-refractivity contribution in [3.63, 3.8) is 0 Å². The predicted octanol–water partition coefficient (Wildman–Crippen LogP) is 0.817. The van der Waals surface area contributed by atoms with Crippen molar-refractivity contribution >= 4 is 58.1 Å². The highest BCUT2D eigenvalue weighted by molar-refractivity contribution is 14.1. The van der Waals surface area contributed by atoms with Gasteiger partial charge >= 0.3 is 0 Å². The number of hydrogen-bond acceptors (Lipinski definition) is 6. The maximum atomic E-state index is 13.9. The Morgan fingerprint density at radius 3 is 1.53 bits per heavy atom. The van der Waals surface area contributed by atoms with E-state index < -0.39 is 53.7 Å². The fraction of sp³-hybridized carbons (Fsp3) is 0.314. The smallest absolute Gasteiger partial charge is 0.243 e. The molecule has 0 aliphatic heterocycles. The second-order valence-electron chi connectivity index (χ2n) is 11.5. The molecule has 0 fully saturated rings. The zero-order valence-corrected chi connectivity index (χ0v) is 29.4. The maximum absolute atomic E-state index is 13.9. The van der Waals surface area contributed by atoms with Crippen LogP contribution in [0.3, 0.4) is 0 Å². The Labute approximate surface area is 299 Å². The molecule has 0 radical (unpaired) electrons. The fourth-order valence-corrected chi connectivity index (χ4v) is 5.39. The lowest BCUT2D eigenvalue weighted by atomic mass is 10.0. The highest BCUT2D eigenvalue weighted by Gasteiger charge is 2.31. The SMILES string of the molecule is CC(=O)N[C@@H](Cc1ccccc1)C(=O)N[C@@H](CCCN=C(N)N)C(=O)N[C@H](Cc1ccc(I)cc1)C(=O)N[C@@H](Cc1ccccc1)C(N)=O. The lowest BCUT2D eigenvalue weighted by molar-refractivity contribution is -0.134. The summed E-state index contributed by atoms with van der Waals surface area (Å²) in [6.07, 6.45) is 0.850. The molecule has 0 spiro atoms. The van der Waals surface area contributed by atoms with Crippen LogP contribution in [0.2, 0.25) is 0 Å². The number of amides is 5. The number of carbonyl (C=O) groups excluding carboxylic acids is 5. The molecule has 49 heavy (non-hydrogen) atoms. The number of primary amides is 1. The predicted molar refractivity (Wildman–Crippen MR) is 196 cm³/mol. The second-order valence-corrected chi connectivity index (χ2v) is 12.7. The van der Waals surface area contributed by atoms with Gasteiger partial charge < -0.3 is 38.5 Å². The monoisotopic (exact) mass is 782 g/mol. The Morgan fingerprint density at radius 2 is 1.04 bits per heavy atom. The summed E-state index contributed by atoms with van der Waals surface area (Å²) in [6, 6.07) is 21.3. The molecule has 0 aliphatic carbocycles. The second kappa shape index (κ2) is 19.7. The highest BCUT2D eigenvalue weighted by atomic mass is 127. The average molecular weight is 783 g/mol. The van der Waals surface area contributed by atoms with Gasteiger partial charge in [-0.05, 0) is 64.3 Å². The van der Waals surface area contributed by atoms with E-state index in [0.29, 0.717) is 6.42 Å². The molecule has 0 unspecified atom stereocenters. The number of nitrogens with two attached hydrogens (primary N) is 3. The van der Waals surface area contributed by atoms with E-state index in [2.05, 4.69) is 48.9 Å². The van der Waals surface area contributed by atoms with Gasteiger partial charge in [0.2, 0.25) is 29.5 Å². The van der Waals surface area contributed by atoms with E-state index in [4.69, 9.17) is 17.2 Å². The summed E-state index contributed by atoms with van der Waals surface area (Å²) in [6.45, 7) is 1.49. The standard InChI is InChI=1S/C35H43IN8O5/c1-22(45)41-29(20-24-11-6-3-7-12-24)33(48)42-27(13-8-18-40-35(38)39)32(47)44-30(21-25-14-16-26(36)17-15-25)34(49)43-28(31(37)46)19-23-9-4-2-5-10-23/h2-7,9-12,14-17,27-30H,8,13,18-21H2,1H3,(H2,37,46)(H,41,45)(H,42,48)(H,43,49)(H,44,47)(H4,38,39,40)/t27-,28-,29-,30+/m0/s1. The van der Waals surface area contributed by atoms with Gasteiger partial charge in [-0.15, -0.1) is 0 Å². The van der Waals surface area contributed by atoms with Crippen molar-refractivity contribution in [2.45, 2.75) is 63.2 Å². The van der Waals surface area contributed by atoms with Gasteiger partial charge in [-0.3, -0.25) is 29.0 Å². The Balaban J connectivity index is 1.86. The maximum Gasteiger partial charge on any atom is 0.243 e. The van der Waals surface area contributed by atoms with Crippen LogP contribution in [-0.2, 0) is 43.2 Å². The van der Waals surface area contributed by atoms with Crippen LogP contribution >= 0.6 is 22.6 Å². The van der Waals surface area contributed by atoms with Crippen LogP contribution in [0.5, 0.6) is 0 Å². The number of nitrogens with one attached hydrogen (secondary N) is 4. The molecule has 0 aliphatic rings. The Kier molecular flexibility index (Phi) is 15.5. The number of benzene rings is 3. The highest BCUT2D eigenvalue weighted by Crippen LogP contribution is 2.12. The third-order valence-corrected chi connectivity index (χ3v) is 8.20. The average Bonchev–Trinajstić information content (AvgIpc) is 3.06. The molecular weight excluding hydrogens is 739 g/mol. The van der Waals surface area contributed by atoms with Gasteiger partial charge in [-0.2, -0.15) is 0 Å². The summed E-state index contributed by atoms with van der Waals surface area (Å²) < 4.78 is 0.982. The molecule has 260 valence electrons. The van der Waals surface area contributed by atoms with Crippen LogP contribution in [0, 0.1) is 3.57 Å². The van der Waals surface area contributed by atoms with Crippen molar-refractivity contribution in [2.75, 3.05) is 6.54 Å². The molecule has 0 saturated heterocycles. The van der Waals surface area contributed by atoms with Crippen molar-refractivity contribution in [3.8, 4) is 0 Å². The molecule has 0 aromatic heterocycles. The van der Waals surface area contributed by atoms with E-state index in [1.165, 1.54) is 6.92 Å². The number of carbonyl (C=O) groups is 5. The molecule has 0 heterocycles. The van der Waals surface area contributed by atoms with E-state index in [0.717, 1.165) is 20.3 Å². The molecule has 0 saturated carbocycles.